The molecule has 10 heteroatoms. The predicted molar refractivity (Wildman–Crippen MR) is 140 cm³/mol. The zero-order valence-corrected chi connectivity index (χ0v) is 21.5. The number of nitrogens with one attached hydrogen (secondary N) is 1. The molecule has 0 bridgehead atoms. The molecule has 0 radical (unpaired) electrons. The Bertz CT molecular complexity index is 1040. The minimum absolute atomic E-state index is 0.111. The summed E-state index contributed by atoms with van der Waals surface area (Å²) in [5, 5.41) is 2.53. The molecule has 2 aromatic rings. The highest BCUT2D eigenvalue weighted by atomic mass is 35.6. The quantitative estimate of drug-likeness (QED) is 0.199. The van der Waals surface area contributed by atoms with E-state index in [-0.39, 0.29) is 18.2 Å². The summed E-state index contributed by atoms with van der Waals surface area (Å²) in [6, 6.07) is 16.8. The molecule has 5 nitrogen and oxygen atoms in total. The van der Waals surface area contributed by atoms with E-state index < -0.39 is 10.0 Å². The van der Waals surface area contributed by atoms with Crippen LogP contribution >= 0.6 is 58.8 Å². The number of alkyl halides is 3. The Kier molecular flexibility index (Phi) is 9.07. The molecule has 1 aliphatic heterocycles. The lowest BCUT2D eigenvalue weighted by molar-refractivity contribution is -0.123. The fraction of sp³-hybridized carbons (Fsp3) is 0.261. The van der Waals surface area contributed by atoms with Gasteiger partial charge in [0.2, 0.25) is 15.9 Å². The van der Waals surface area contributed by atoms with Gasteiger partial charge in [-0.1, -0.05) is 108 Å². The number of thiocarbonyl (C=S) groups is 1. The monoisotopic (exact) mass is 542 g/mol. The molecular weight excluding hydrogens is 523 g/mol. The first-order valence-corrected chi connectivity index (χ1v) is 12.5. The summed E-state index contributed by atoms with van der Waals surface area (Å²) in [5.41, 5.74) is 1.93. The minimum Gasteiger partial charge on any atom is -0.466 e. The largest absolute Gasteiger partial charge is 0.466 e. The topological polar surface area (TPSA) is 58.6 Å². The van der Waals surface area contributed by atoms with Gasteiger partial charge in [0, 0.05) is 13.0 Å². The molecule has 3 rings (SSSR count). The van der Waals surface area contributed by atoms with E-state index in [4.69, 9.17) is 51.8 Å². The van der Waals surface area contributed by atoms with Gasteiger partial charge in [-0.05, 0) is 35.8 Å². The highest BCUT2D eigenvalue weighted by Crippen LogP contribution is 2.34. The van der Waals surface area contributed by atoms with Crippen molar-refractivity contribution in [2.45, 2.75) is 29.8 Å². The first-order valence-electron chi connectivity index (χ1n) is 10.1. The summed E-state index contributed by atoms with van der Waals surface area (Å²) in [6.45, 7) is 2.21. The van der Waals surface area contributed by atoms with Crippen molar-refractivity contribution in [3.05, 3.63) is 70.6 Å². The fourth-order valence-corrected chi connectivity index (χ4v) is 4.54. The molecule has 2 amide bonds. The SMILES string of the molecule is CCC(=O)N[C@H](Oc1ccc(/C=C2\SC(=S)N(CCc3ccccc3)C2=O)cc1)C(Cl)(Cl)Cl. The number of carbonyl (C=O) groups is 2. The van der Waals surface area contributed by atoms with Gasteiger partial charge in [-0.15, -0.1) is 0 Å². The number of hydrogen-bond acceptors (Lipinski definition) is 5. The van der Waals surface area contributed by atoms with Crippen LogP contribution in [0.2, 0.25) is 0 Å². The maximum Gasteiger partial charge on any atom is 0.266 e. The number of rotatable bonds is 8. The molecular formula is C23H21Cl3N2O3S2. The summed E-state index contributed by atoms with van der Waals surface area (Å²) in [7, 11) is 0. The lowest BCUT2D eigenvalue weighted by Gasteiger charge is -2.26. The molecule has 0 aromatic heterocycles. The number of benzene rings is 2. The summed E-state index contributed by atoms with van der Waals surface area (Å²) in [5.74, 6) is -0.0210. The molecule has 174 valence electrons. The van der Waals surface area contributed by atoms with Crippen LogP contribution in [0.15, 0.2) is 59.5 Å². The molecule has 0 spiro atoms. The number of thioether (sulfide) groups is 1. The Labute approximate surface area is 217 Å². The predicted octanol–water partition coefficient (Wildman–Crippen LogP) is 5.73. The standard InChI is InChI=1S/C23H21Cl3N2O3S2/c1-2-19(29)27-21(23(24,25)26)31-17-10-8-16(9-11-17)14-18-20(30)28(22(32)33-18)13-12-15-6-4-3-5-7-15/h3-11,14,21H,2,12-13H2,1H3,(H,27,29)/b18-14-/t21-/m1/s1. The smallest absolute Gasteiger partial charge is 0.266 e. The van der Waals surface area contributed by atoms with Crippen LogP contribution in [0.3, 0.4) is 0 Å². The summed E-state index contributed by atoms with van der Waals surface area (Å²) in [4.78, 5) is 26.7. The van der Waals surface area contributed by atoms with Gasteiger partial charge >= 0.3 is 0 Å². The second-order valence-electron chi connectivity index (χ2n) is 7.10. The molecule has 1 atom stereocenters. The maximum atomic E-state index is 12.8. The molecule has 1 fully saturated rings. The number of nitrogens with zero attached hydrogens (tertiary/aromatic N) is 1. The van der Waals surface area contributed by atoms with Gasteiger partial charge in [0.05, 0.1) is 4.91 Å². The average molecular weight is 544 g/mol. The first kappa shape index (κ1) is 25.8. The van der Waals surface area contributed by atoms with E-state index in [1.807, 2.05) is 30.3 Å². The zero-order chi connectivity index (χ0) is 24.0. The van der Waals surface area contributed by atoms with Crippen molar-refractivity contribution in [2.24, 2.45) is 0 Å². The Balaban J connectivity index is 1.65. The van der Waals surface area contributed by atoms with Gasteiger partial charge in [-0.25, -0.2) is 0 Å². The van der Waals surface area contributed by atoms with E-state index in [2.05, 4.69) is 5.32 Å². The highest BCUT2D eigenvalue weighted by molar-refractivity contribution is 8.26. The summed E-state index contributed by atoms with van der Waals surface area (Å²) in [6.07, 6.45) is 1.58. The molecule has 33 heavy (non-hydrogen) atoms. The minimum atomic E-state index is -1.85. The maximum absolute atomic E-state index is 12.8. The van der Waals surface area contributed by atoms with Gasteiger partial charge in [0.25, 0.3) is 5.91 Å². The van der Waals surface area contributed by atoms with Crippen LogP contribution in [0.1, 0.15) is 24.5 Å². The summed E-state index contributed by atoms with van der Waals surface area (Å²) < 4.78 is 4.35. The van der Waals surface area contributed by atoms with Gasteiger partial charge in [0.15, 0.2) is 0 Å². The van der Waals surface area contributed by atoms with Gasteiger partial charge in [-0.3, -0.25) is 14.5 Å². The van der Waals surface area contributed by atoms with Crippen molar-refractivity contribution in [3.63, 3.8) is 0 Å². The van der Waals surface area contributed by atoms with Gasteiger partial charge in [0.1, 0.15) is 10.1 Å². The lowest BCUT2D eigenvalue weighted by atomic mass is 10.1. The fourth-order valence-electron chi connectivity index (χ4n) is 2.93. The second kappa shape index (κ2) is 11.6. The summed E-state index contributed by atoms with van der Waals surface area (Å²) >= 11 is 24.5. The van der Waals surface area contributed by atoms with E-state index in [1.54, 1.807) is 42.2 Å². The Morgan fingerprint density at radius 3 is 2.45 bits per heavy atom. The highest BCUT2D eigenvalue weighted by Gasteiger charge is 2.36. The third-order valence-electron chi connectivity index (χ3n) is 4.68. The van der Waals surface area contributed by atoms with Crippen molar-refractivity contribution >= 4 is 81.0 Å². The number of ether oxygens (including phenoxy) is 1. The van der Waals surface area contributed by atoms with Crippen LogP contribution in [-0.4, -0.2) is 37.6 Å². The van der Waals surface area contributed by atoms with Crippen LogP contribution in [-0.2, 0) is 16.0 Å². The van der Waals surface area contributed by atoms with Gasteiger partial charge in [-0.2, -0.15) is 0 Å². The number of carbonyl (C=O) groups excluding carboxylic acids is 2. The van der Waals surface area contributed by atoms with Crippen LogP contribution < -0.4 is 10.1 Å². The molecule has 1 aliphatic rings. The Morgan fingerprint density at radius 2 is 1.85 bits per heavy atom. The average Bonchev–Trinajstić information content (AvgIpc) is 3.05. The Hall–Kier alpha value is -1.77. The van der Waals surface area contributed by atoms with Crippen LogP contribution in [0.4, 0.5) is 0 Å². The van der Waals surface area contributed by atoms with Crippen LogP contribution in [0, 0.1) is 0 Å². The normalized spacial score (nSPS) is 16.2. The molecule has 1 heterocycles. The third kappa shape index (κ3) is 7.36. The number of hydrogen-bond donors (Lipinski definition) is 1. The molecule has 1 saturated heterocycles. The molecule has 0 aliphatic carbocycles. The molecule has 0 saturated carbocycles. The zero-order valence-electron chi connectivity index (χ0n) is 17.6. The third-order valence-corrected chi connectivity index (χ3v) is 6.66. The van der Waals surface area contributed by atoms with Crippen molar-refractivity contribution in [3.8, 4) is 5.75 Å². The van der Waals surface area contributed by atoms with Crippen LogP contribution in [0.5, 0.6) is 5.75 Å². The number of amides is 2. The van der Waals surface area contributed by atoms with E-state index >= 15 is 0 Å². The lowest BCUT2D eigenvalue weighted by Crippen LogP contribution is -2.47. The second-order valence-corrected chi connectivity index (χ2v) is 11.1. The van der Waals surface area contributed by atoms with Gasteiger partial charge < -0.3 is 10.1 Å². The van der Waals surface area contributed by atoms with E-state index in [1.165, 1.54) is 11.8 Å². The molecule has 2 aromatic carbocycles. The molecule has 0 unspecified atom stereocenters. The van der Waals surface area contributed by atoms with Crippen molar-refractivity contribution in [1.82, 2.24) is 10.2 Å². The Morgan fingerprint density at radius 1 is 1.18 bits per heavy atom. The number of halogens is 3. The van der Waals surface area contributed by atoms with E-state index in [0.717, 1.165) is 17.5 Å². The first-order chi connectivity index (χ1) is 15.7. The van der Waals surface area contributed by atoms with E-state index in [0.29, 0.717) is 21.5 Å². The van der Waals surface area contributed by atoms with Crippen molar-refractivity contribution < 1.29 is 14.3 Å². The van der Waals surface area contributed by atoms with Crippen molar-refractivity contribution in [1.29, 1.82) is 0 Å². The molecule has 1 N–H and O–H groups in total. The van der Waals surface area contributed by atoms with Crippen molar-refractivity contribution in [2.75, 3.05) is 6.54 Å². The van der Waals surface area contributed by atoms with E-state index in [9.17, 15) is 9.59 Å². The van der Waals surface area contributed by atoms with Crippen LogP contribution in [0.25, 0.3) is 6.08 Å².